The molecule has 0 spiro atoms. The van der Waals surface area contributed by atoms with E-state index in [2.05, 4.69) is 15.5 Å². The monoisotopic (exact) mass is 355 g/mol. The second kappa shape index (κ2) is 8.11. The highest BCUT2D eigenvalue weighted by Crippen LogP contribution is 2.17. The van der Waals surface area contributed by atoms with Crippen molar-refractivity contribution in [2.45, 2.75) is 20.0 Å². The molecule has 0 aliphatic carbocycles. The fraction of sp³-hybridized carbons (Fsp3) is 0.222. The molecule has 2 aromatic heterocycles. The van der Waals surface area contributed by atoms with Crippen molar-refractivity contribution in [2.75, 3.05) is 6.54 Å². The number of furan rings is 1. The van der Waals surface area contributed by atoms with Gasteiger partial charge in [-0.05, 0) is 31.2 Å². The summed E-state index contributed by atoms with van der Waals surface area (Å²) in [6.07, 6.45) is 1.42. The van der Waals surface area contributed by atoms with Crippen molar-refractivity contribution in [3.8, 4) is 11.5 Å². The first-order chi connectivity index (χ1) is 12.6. The molecule has 3 rings (SSSR count). The summed E-state index contributed by atoms with van der Waals surface area (Å²) in [6, 6.07) is 10.8. The minimum absolute atomic E-state index is 0.0229. The Morgan fingerprint density at radius 3 is 2.73 bits per heavy atom. The number of ether oxygens (including phenoxy) is 1. The first kappa shape index (κ1) is 17.4. The summed E-state index contributed by atoms with van der Waals surface area (Å²) in [6.45, 7) is 2.03. The number of rotatable bonds is 7. The van der Waals surface area contributed by atoms with E-state index in [1.165, 1.54) is 12.3 Å². The third kappa shape index (κ3) is 4.56. The van der Waals surface area contributed by atoms with E-state index in [1.54, 1.807) is 6.07 Å². The highest BCUT2D eigenvalue weighted by Gasteiger charge is 2.12. The van der Waals surface area contributed by atoms with Gasteiger partial charge in [0.2, 0.25) is 5.82 Å². The van der Waals surface area contributed by atoms with E-state index in [0.717, 1.165) is 11.1 Å². The maximum atomic E-state index is 11.7. The van der Waals surface area contributed by atoms with Crippen molar-refractivity contribution < 1.29 is 23.3 Å². The Hall–Kier alpha value is -3.42. The molecule has 26 heavy (non-hydrogen) atoms. The van der Waals surface area contributed by atoms with Crippen LogP contribution in [0.3, 0.4) is 0 Å². The number of amides is 1. The predicted octanol–water partition coefficient (Wildman–Crippen LogP) is 2.50. The van der Waals surface area contributed by atoms with Crippen LogP contribution >= 0.6 is 0 Å². The summed E-state index contributed by atoms with van der Waals surface area (Å²) in [5, 5.41) is 6.34. The van der Waals surface area contributed by atoms with Gasteiger partial charge in [0.1, 0.15) is 0 Å². The van der Waals surface area contributed by atoms with Crippen LogP contribution in [0.15, 0.2) is 51.6 Å². The molecule has 2 heterocycles. The van der Waals surface area contributed by atoms with E-state index in [9.17, 15) is 9.59 Å². The van der Waals surface area contributed by atoms with E-state index < -0.39 is 5.97 Å². The summed E-state index contributed by atoms with van der Waals surface area (Å²) in [5.41, 5.74) is 1.92. The number of benzene rings is 1. The standard InChI is InChI=1S/C18H17N3O5/c1-12-4-6-13(7-5-12)18-20-15(21-26-18)11-25-16(22)8-9-19-17(23)14-3-2-10-24-14/h2-7,10H,8-9,11H2,1H3,(H,19,23). The van der Waals surface area contributed by atoms with Crippen molar-refractivity contribution >= 4 is 11.9 Å². The first-order valence-corrected chi connectivity index (χ1v) is 7.99. The van der Waals surface area contributed by atoms with Gasteiger partial charge >= 0.3 is 5.97 Å². The molecular formula is C18H17N3O5. The average molecular weight is 355 g/mol. The van der Waals surface area contributed by atoms with Gasteiger partial charge in [0.05, 0.1) is 12.7 Å². The molecule has 0 aliphatic heterocycles. The summed E-state index contributed by atoms with van der Waals surface area (Å²) in [5.74, 6) is -0.0424. The van der Waals surface area contributed by atoms with Crippen LogP contribution in [-0.4, -0.2) is 28.6 Å². The molecule has 1 aromatic carbocycles. The molecule has 8 heteroatoms. The van der Waals surface area contributed by atoms with Crippen molar-refractivity contribution in [3.05, 3.63) is 59.8 Å². The topological polar surface area (TPSA) is 107 Å². The Morgan fingerprint density at radius 2 is 2.00 bits per heavy atom. The lowest BCUT2D eigenvalue weighted by Gasteiger charge is -2.03. The molecule has 1 N–H and O–H groups in total. The quantitative estimate of drug-likeness (QED) is 0.649. The van der Waals surface area contributed by atoms with Gasteiger partial charge in [-0.1, -0.05) is 22.9 Å². The molecule has 0 saturated carbocycles. The number of esters is 1. The van der Waals surface area contributed by atoms with Gasteiger partial charge in [-0.15, -0.1) is 0 Å². The summed E-state index contributed by atoms with van der Waals surface area (Å²) >= 11 is 0. The van der Waals surface area contributed by atoms with Gasteiger partial charge in [0.15, 0.2) is 12.4 Å². The number of carbonyl (C=O) groups is 2. The van der Waals surface area contributed by atoms with Crippen LogP contribution in [-0.2, 0) is 16.1 Å². The fourth-order valence-electron chi connectivity index (χ4n) is 2.12. The van der Waals surface area contributed by atoms with Crippen molar-refractivity contribution in [2.24, 2.45) is 0 Å². The summed E-state index contributed by atoms with van der Waals surface area (Å²) in [7, 11) is 0. The molecule has 0 atom stereocenters. The second-order valence-corrected chi connectivity index (χ2v) is 5.53. The molecule has 134 valence electrons. The van der Waals surface area contributed by atoms with Crippen LogP contribution in [0.4, 0.5) is 0 Å². The average Bonchev–Trinajstić information content (AvgIpc) is 3.32. The lowest BCUT2D eigenvalue weighted by Crippen LogP contribution is -2.26. The highest BCUT2D eigenvalue weighted by molar-refractivity contribution is 5.91. The molecular weight excluding hydrogens is 338 g/mol. The number of hydrogen-bond acceptors (Lipinski definition) is 7. The van der Waals surface area contributed by atoms with E-state index >= 15 is 0 Å². The first-order valence-electron chi connectivity index (χ1n) is 7.99. The zero-order chi connectivity index (χ0) is 18.4. The van der Waals surface area contributed by atoms with Crippen molar-refractivity contribution in [3.63, 3.8) is 0 Å². The molecule has 0 unspecified atom stereocenters. The van der Waals surface area contributed by atoms with Crippen LogP contribution in [0, 0.1) is 6.92 Å². The van der Waals surface area contributed by atoms with Gasteiger partial charge in [-0.25, -0.2) is 0 Å². The minimum Gasteiger partial charge on any atom is -0.459 e. The molecule has 8 nitrogen and oxygen atoms in total. The van der Waals surface area contributed by atoms with Gasteiger partial charge in [0.25, 0.3) is 11.8 Å². The third-order valence-electron chi connectivity index (χ3n) is 3.49. The van der Waals surface area contributed by atoms with Crippen LogP contribution in [0.2, 0.25) is 0 Å². The molecule has 0 saturated heterocycles. The van der Waals surface area contributed by atoms with Gasteiger partial charge in [0, 0.05) is 12.1 Å². The lowest BCUT2D eigenvalue weighted by molar-refractivity contribution is -0.145. The van der Waals surface area contributed by atoms with Crippen molar-refractivity contribution in [1.82, 2.24) is 15.5 Å². The number of hydrogen-bond donors (Lipinski definition) is 1. The highest BCUT2D eigenvalue weighted by atomic mass is 16.5. The maximum Gasteiger partial charge on any atom is 0.308 e. The Labute approximate surface area is 149 Å². The fourth-order valence-corrected chi connectivity index (χ4v) is 2.12. The Kier molecular flexibility index (Phi) is 5.43. The molecule has 0 aliphatic rings. The number of carbonyl (C=O) groups excluding carboxylic acids is 2. The zero-order valence-corrected chi connectivity index (χ0v) is 14.1. The normalized spacial score (nSPS) is 10.5. The number of aryl methyl sites for hydroxylation is 1. The molecule has 3 aromatic rings. The number of nitrogens with one attached hydrogen (secondary N) is 1. The largest absolute Gasteiger partial charge is 0.459 e. The number of nitrogens with zero attached hydrogens (tertiary/aromatic N) is 2. The smallest absolute Gasteiger partial charge is 0.308 e. The Balaban J connectivity index is 1.42. The maximum absolute atomic E-state index is 11.7. The SMILES string of the molecule is Cc1ccc(-c2nc(COC(=O)CCNC(=O)c3ccco3)no2)cc1. The van der Waals surface area contributed by atoms with E-state index in [4.69, 9.17) is 13.7 Å². The van der Waals surface area contributed by atoms with Gasteiger partial charge in [-0.2, -0.15) is 4.98 Å². The molecule has 0 bridgehead atoms. The van der Waals surface area contributed by atoms with Crippen LogP contribution in [0.5, 0.6) is 0 Å². The van der Waals surface area contributed by atoms with Crippen LogP contribution < -0.4 is 5.32 Å². The van der Waals surface area contributed by atoms with E-state index in [1.807, 2.05) is 31.2 Å². The lowest BCUT2D eigenvalue weighted by atomic mass is 10.1. The van der Waals surface area contributed by atoms with Gasteiger partial charge in [-0.3, -0.25) is 9.59 Å². The van der Waals surface area contributed by atoms with E-state index in [0.29, 0.717) is 5.89 Å². The van der Waals surface area contributed by atoms with Crippen LogP contribution in [0.25, 0.3) is 11.5 Å². The minimum atomic E-state index is -0.480. The van der Waals surface area contributed by atoms with Crippen molar-refractivity contribution in [1.29, 1.82) is 0 Å². The Morgan fingerprint density at radius 1 is 1.19 bits per heavy atom. The van der Waals surface area contributed by atoms with Crippen LogP contribution in [0.1, 0.15) is 28.4 Å². The summed E-state index contributed by atoms with van der Waals surface area (Å²) < 4.78 is 15.2. The molecule has 0 radical (unpaired) electrons. The van der Waals surface area contributed by atoms with Gasteiger partial charge < -0.3 is 19.0 Å². The third-order valence-corrected chi connectivity index (χ3v) is 3.49. The molecule has 0 fully saturated rings. The Bertz CT molecular complexity index is 869. The predicted molar refractivity (Wildman–Crippen MR) is 89.9 cm³/mol. The zero-order valence-electron chi connectivity index (χ0n) is 14.1. The number of aromatic nitrogens is 2. The molecule has 1 amide bonds. The summed E-state index contributed by atoms with van der Waals surface area (Å²) in [4.78, 5) is 27.5. The van der Waals surface area contributed by atoms with E-state index in [-0.39, 0.29) is 37.1 Å². The second-order valence-electron chi connectivity index (χ2n) is 5.53.